The Kier molecular flexibility index (Phi) is 5.02. The van der Waals surface area contributed by atoms with Gasteiger partial charge in [0, 0.05) is 11.6 Å². The molecular formula is C17H17ClN4O3S2. The number of benzene rings is 1. The average molecular weight is 425 g/mol. The first-order chi connectivity index (χ1) is 13.0. The van der Waals surface area contributed by atoms with Crippen molar-refractivity contribution in [2.75, 3.05) is 6.54 Å². The molecule has 1 aromatic carbocycles. The SMILES string of the molecule is Cc1ncsc1-c1nnc([C@H]2CCCCN2S(=O)(=O)c2cccc(Cl)c2)o1. The number of aromatic nitrogens is 3. The van der Waals surface area contributed by atoms with Crippen molar-refractivity contribution in [2.45, 2.75) is 37.1 Å². The van der Waals surface area contributed by atoms with E-state index in [9.17, 15) is 8.42 Å². The molecule has 3 aromatic rings. The Balaban J connectivity index is 1.69. The molecule has 10 heteroatoms. The molecule has 0 saturated carbocycles. The van der Waals surface area contributed by atoms with Gasteiger partial charge in [0.05, 0.1) is 16.1 Å². The largest absolute Gasteiger partial charge is 0.418 e. The van der Waals surface area contributed by atoms with Crippen LogP contribution in [0.25, 0.3) is 10.8 Å². The minimum atomic E-state index is -3.72. The Hall–Kier alpha value is -1.81. The Morgan fingerprint density at radius 2 is 2.15 bits per heavy atom. The van der Waals surface area contributed by atoms with Gasteiger partial charge in [0.15, 0.2) is 0 Å². The number of halogens is 1. The van der Waals surface area contributed by atoms with Crippen LogP contribution in [0.5, 0.6) is 0 Å². The summed E-state index contributed by atoms with van der Waals surface area (Å²) in [6.07, 6.45) is 2.30. The molecule has 7 nitrogen and oxygen atoms in total. The number of sulfonamides is 1. The summed E-state index contributed by atoms with van der Waals surface area (Å²) in [4.78, 5) is 5.16. The number of hydrogen-bond donors (Lipinski definition) is 0. The second-order valence-electron chi connectivity index (χ2n) is 6.30. The molecule has 1 aliphatic heterocycles. The summed E-state index contributed by atoms with van der Waals surface area (Å²) in [5, 5.41) is 8.63. The van der Waals surface area contributed by atoms with E-state index in [0.717, 1.165) is 23.4 Å². The maximum atomic E-state index is 13.2. The van der Waals surface area contributed by atoms with Crippen molar-refractivity contribution >= 4 is 33.0 Å². The van der Waals surface area contributed by atoms with Crippen LogP contribution >= 0.6 is 22.9 Å². The highest BCUT2D eigenvalue weighted by atomic mass is 35.5. The topological polar surface area (TPSA) is 89.2 Å². The zero-order chi connectivity index (χ0) is 19.0. The Morgan fingerprint density at radius 1 is 1.30 bits per heavy atom. The second-order valence-corrected chi connectivity index (χ2v) is 9.48. The number of rotatable bonds is 4. The number of thiazole rings is 1. The predicted molar refractivity (Wildman–Crippen MR) is 102 cm³/mol. The highest BCUT2D eigenvalue weighted by Gasteiger charge is 2.37. The maximum absolute atomic E-state index is 13.2. The van der Waals surface area contributed by atoms with Gasteiger partial charge in [0.1, 0.15) is 10.9 Å². The zero-order valence-electron chi connectivity index (χ0n) is 14.5. The van der Waals surface area contributed by atoms with Crippen molar-refractivity contribution in [2.24, 2.45) is 0 Å². The van der Waals surface area contributed by atoms with Crippen molar-refractivity contribution < 1.29 is 12.8 Å². The van der Waals surface area contributed by atoms with E-state index in [1.165, 1.54) is 21.7 Å². The molecule has 1 aliphatic rings. The highest BCUT2D eigenvalue weighted by molar-refractivity contribution is 7.89. The maximum Gasteiger partial charge on any atom is 0.259 e. The molecule has 4 rings (SSSR count). The molecule has 0 N–H and O–H groups in total. The number of aryl methyl sites for hydroxylation is 1. The van der Waals surface area contributed by atoms with Crippen LogP contribution in [0, 0.1) is 6.92 Å². The van der Waals surface area contributed by atoms with E-state index in [2.05, 4.69) is 15.2 Å². The van der Waals surface area contributed by atoms with Crippen molar-refractivity contribution in [3.05, 3.63) is 46.4 Å². The zero-order valence-corrected chi connectivity index (χ0v) is 16.9. The van der Waals surface area contributed by atoms with Gasteiger partial charge in [-0.05, 0) is 38.0 Å². The number of hydrogen-bond acceptors (Lipinski definition) is 7. The Bertz CT molecular complexity index is 1060. The molecule has 0 aliphatic carbocycles. The molecule has 2 aromatic heterocycles. The first-order valence-electron chi connectivity index (χ1n) is 8.48. The Morgan fingerprint density at radius 3 is 2.89 bits per heavy atom. The summed E-state index contributed by atoms with van der Waals surface area (Å²) in [6.45, 7) is 2.27. The minimum Gasteiger partial charge on any atom is -0.418 e. The molecule has 0 amide bonds. The van der Waals surface area contributed by atoms with Gasteiger partial charge >= 0.3 is 0 Å². The molecular weight excluding hydrogens is 408 g/mol. The van der Waals surface area contributed by atoms with Gasteiger partial charge in [-0.25, -0.2) is 13.4 Å². The van der Waals surface area contributed by atoms with Gasteiger partial charge in [-0.15, -0.1) is 21.5 Å². The van der Waals surface area contributed by atoms with Crippen LogP contribution in [0.1, 0.15) is 36.9 Å². The molecule has 142 valence electrons. The summed E-state index contributed by atoms with van der Waals surface area (Å²) in [5.41, 5.74) is 2.52. The summed E-state index contributed by atoms with van der Waals surface area (Å²) in [6, 6.07) is 5.80. The van der Waals surface area contributed by atoms with Crippen molar-refractivity contribution in [1.29, 1.82) is 0 Å². The van der Waals surface area contributed by atoms with Gasteiger partial charge in [-0.1, -0.05) is 24.1 Å². The molecule has 0 unspecified atom stereocenters. The first-order valence-corrected chi connectivity index (χ1v) is 11.2. The predicted octanol–water partition coefficient (Wildman–Crippen LogP) is 4.07. The lowest BCUT2D eigenvalue weighted by Crippen LogP contribution is -2.38. The third-order valence-electron chi connectivity index (χ3n) is 4.52. The smallest absolute Gasteiger partial charge is 0.259 e. The molecule has 1 atom stereocenters. The average Bonchev–Trinajstić information content (AvgIpc) is 3.30. The quantitative estimate of drug-likeness (QED) is 0.627. The fraction of sp³-hybridized carbons (Fsp3) is 0.353. The van der Waals surface area contributed by atoms with Crippen molar-refractivity contribution in [3.63, 3.8) is 0 Å². The van der Waals surface area contributed by atoms with Gasteiger partial charge in [-0.3, -0.25) is 0 Å². The van der Waals surface area contributed by atoms with E-state index in [1.54, 1.807) is 23.7 Å². The minimum absolute atomic E-state index is 0.167. The molecule has 1 saturated heterocycles. The van der Waals surface area contributed by atoms with E-state index >= 15 is 0 Å². The van der Waals surface area contributed by atoms with Crippen LogP contribution < -0.4 is 0 Å². The molecule has 0 radical (unpaired) electrons. The third-order valence-corrected chi connectivity index (χ3v) is 7.58. The number of piperidine rings is 1. The fourth-order valence-electron chi connectivity index (χ4n) is 3.17. The monoisotopic (exact) mass is 424 g/mol. The van der Waals surface area contributed by atoms with E-state index in [4.69, 9.17) is 16.0 Å². The molecule has 0 bridgehead atoms. The lowest BCUT2D eigenvalue weighted by atomic mass is 10.1. The normalized spacial score (nSPS) is 18.7. The molecule has 3 heterocycles. The summed E-state index contributed by atoms with van der Waals surface area (Å²) in [7, 11) is -3.72. The molecule has 0 spiro atoms. The van der Waals surface area contributed by atoms with Crippen molar-refractivity contribution in [1.82, 2.24) is 19.5 Å². The number of nitrogens with zero attached hydrogens (tertiary/aromatic N) is 4. The van der Waals surface area contributed by atoms with Crippen LogP contribution in [0.4, 0.5) is 0 Å². The summed E-state index contributed by atoms with van der Waals surface area (Å²) < 4.78 is 33.7. The summed E-state index contributed by atoms with van der Waals surface area (Å²) in [5.74, 6) is 0.679. The third kappa shape index (κ3) is 3.52. The van der Waals surface area contributed by atoms with Crippen LogP contribution in [-0.2, 0) is 10.0 Å². The standard InChI is InChI=1S/C17H17ClN4O3S2/c1-11-15(26-10-19-11)17-21-20-16(25-17)14-7-2-3-8-22(14)27(23,24)13-6-4-5-12(18)9-13/h4-6,9-10,14H,2-3,7-8H2,1H3/t14-/m1/s1. The van der Waals surface area contributed by atoms with Crippen LogP contribution in [0.3, 0.4) is 0 Å². The van der Waals surface area contributed by atoms with Crippen LogP contribution in [-0.4, -0.2) is 34.4 Å². The van der Waals surface area contributed by atoms with Gasteiger partial charge in [0.2, 0.25) is 15.9 Å². The second kappa shape index (κ2) is 7.31. The van der Waals surface area contributed by atoms with Gasteiger partial charge < -0.3 is 4.42 Å². The van der Waals surface area contributed by atoms with Gasteiger partial charge in [0.25, 0.3) is 5.89 Å². The lowest BCUT2D eigenvalue weighted by Gasteiger charge is -2.32. The highest BCUT2D eigenvalue weighted by Crippen LogP contribution is 2.37. The van der Waals surface area contributed by atoms with Crippen LogP contribution in [0.2, 0.25) is 5.02 Å². The van der Waals surface area contributed by atoms with Gasteiger partial charge in [-0.2, -0.15) is 4.31 Å². The van der Waals surface area contributed by atoms with E-state index < -0.39 is 16.1 Å². The van der Waals surface area contributed by atoms with Crippen LogP contribution in [0.15, 0.2) is 39.1 Å². The van der Waals surface area contributed by atoms with E-state index in [-0.39, 0.29) is 4.90 Å². The van der Waals surface area contributed by atoms with E-state index in [1.807, 2.05) is 6.92 Å². The van der Waals surface area contributed by atoms with Crippen molar-refractivity contribution in [3.8, 4) is 10.8 Å². The van der Waals surface area contributed by atoms with E-state index in [0.29, 0.717) is 29.8 Å². The Labute approximate surface area is 166 Å². The molecule has 27 heavy (non-hydrogen) atoms. The lowest BCUT2D eigenvalue weighted by molar-refractivity contribution is 0.220. The first kappa shape index (κ1) is 18.5. The summed E-state index contributed by atoms with van der Waals surface area (Å²) >= 11 is 7.40. The molecule has 1 fully saturated rings. The fourth-order valence-corrected chi connectivity index (χ4v) is 5.85.